The Hall–Kier alpha value is -2.09. The molecule has 0 spiro atoms. The highest BCUT2D eigenvalue weighted by Crippen LogP contribution is 2.34. The van der Waals surface area contributed by atoms with Crippen molar-refractivity contribution in [1.82, 2.24) is 15.0 Å². The van der Waals surface area contributed by atoms with Gasteiger partial charge in [0.2, 0.25) is 5.88 Å². The fraction of sp³-hybridized carbons (Fsp3) is 0.438. The number of alkyl halides is 3. The van der Waals surface area contributed by atoms with Gasteiger partial charge in [0.15, 0.2) is 0 Å². The van der Waals surface area contributed by atoms with E-state index in [1.165, 1.54) is 6.20 Å². The molecule has 9 heteroatoms. The molecule has 3 rings (SSSR count). The summed E-state index contributed by atoms with van der Waals surface area (Å²) in [5.74, 6) is 1.03. The lowest BCUT2D eigenvalue weighted by atomic mass is 9.99. The number of pyridine rings is 1. The molecule has 3 heterocycles. The first kappa shape index (κ1) is 17.7. The van der Waals surface area contributed by atoms with Gasteiger partial charge in [-0.05, 0) is 18.9 Å². The molecule has 2 aromatic heterocycles. The Kier molecular flexibility index (Phi) is 5.27. The zero-order valence-corrected chi connectivity index (χ0v) is 14.0. The quantitative estimate of drug-likeness (QED) is 0.816. The van der Waals surface area contributed by atoms with E-state index in [1.807, 2.05) is 4.90 Å². The first-order valence-corrected chi connectivity index (χ1v) is 8.18. The molecule has 0 aliphatic carbocycles. The standard InChI is InChI=1S/C16H16ClF3N4O/c17-13-6-12(16(18,19)20)7-23-15(13)24-5-1-2-11(9-24)10-25-14-8-21-3-4-22-14/h3-4,6-8,11H,1-2,5,9-10H2. The van der Waals surface area contributed by atoms with Gasteiger partial charge in [-0.25, -0.2) is 9.97 Å². The monoisotopic (exact) mass is 372 g/mol. The van der Waals surface area contributed by atoms with Crippen molar-refractivity contribution in [2.24, 2.45) is 5.92 Å². The third kappa shape index (κ3) is 4.50. The first-order chi connectivity index (χ1) is 11.9. The zero-order valence-electron chi connectivity index (χ0n) is 13.2. The predicted octanol–water partition coefficient (Wildman–Crippen LogP) is 3.84. The van der Waals surface area contributed by atoms with Crippen LogP contribution in [0.15, 0.2) is 30.9 Å². The summed E-state index contributed by atoms with van der Waals surface area (Å²) < 4.78 is 43.8. The molecule has 134 valence electrons. The number of hydrogen-bond acceptors (Lipinski definition) is 5. The highest BCUT2D eigenvalue weighted by Gasteiger charge is 2.32. The highest BCUT2D eigenvalue weighted by molar-refractivity contribution is 6.33. The first-order valence-electron chi connectivity index (χ1n) is 7.80. The van der Waals surface area contributed by atoms with Crippen LogP contribution in [0.5, 0.6) is 5.88 Å². The van der Waals surface area contributed by atoms with Crippen molar-refractivity contribution in [3.63, 3.8) is 0 Å². The van der Waals surface area contributed by atoms with Crippen molar-refractivity contribution < 1.29 is 17.9 Å². The number of halogens is 4. The van der Waals surface area contributed by atoms with E-state index in [0.29, 0.717) is 31.4 Å². The summed E-state index contributed by atoms with van der Waals surface area (Å²) in [6.45, 7) is 1.76. The van der Waals surface area contributed by atoms with Gasteiger partial charge in [0.05, 0.1) is 23.4 Å². The van der Waals surface area contributed by atoms with Crippen molar-refractivity contribution in [2.75, 3.05) is 24.6 Å². The maximum atomic E-state index is 12.7. The van der Waals surface area contributed by atoms with Crippen LogP contribution in [-0.2, 0) is 6.18 Å². The van der Waals surface area contributed by atoms with Crippen LogP contribution in [0.2, 0.25) is 5.02 Å². The maximum absolute atomic E-state index is 12.7. The lowest BCUT2D eigenvalue weighted by Crippen LogP contribution is -2.38. The zero-order chi connectivity index (χ0) is 17.9. The summed E-state index contributed by atoms with van der Waals surface area (Å²) in [6, 6.07) is 0.920. The van der Waals surface area contributed by atoms with Gasteiger partial charge in [0.1, 0.15) is 5.82 Å². The van der Waals surface area contributed by atoms with Crippen LogP contribution in [0.4, 0.5) is 19.0 Å². The smallest absolute Gasteiger partial charge is 0.417 e. The summed E-state index contributed by atoms with van der Waals surface area (Å²) in [7, 11) is 0. The molecular formula is C16H16ClF3N4O. The number of anilines is 1. The Morgan fingerprint density at radius 1 is 1.24 bits per heavy atom. The third-order valence-corrected chi connectivity index (χ3v) is 4.25. The summed E-state index contributed by atoms with van der Waals surface area (Å²) in [5, 5.41) is 0.00493. The van der Waals surface area contributed by atoms with Crippen LogP contribution >= 0.6 is 11.6 Å². The maximum Gasteiger partial charge on any atom is 0.417 e. The van der Waals surface area contributed by atoms with E-state index in [1.54, 1.807) is 12.4 Å². The predicted molar refractivity (Wildman–Crippen MR) is 86.7 cm³/mol. The molecule has 0 radical (unpaired) electrons. The lowest BCUT2D eigenvalue weighted by molar-refractivity contribution is -0.137. The number of hydrogen-bond donors (Lipinski definition) is 0. The Bertz CT molecular complexity index is 714. The number of aromatic nitrogens is 3. The highest BCUT2D eigenvalue weighted by atomic mass is 35.5. The van der Waals surface area contributed by atoms with Crippen molar-refractivity contribution in [2.45, 2.75) is 19.0 Å². The second-order valence-electron chi connectivity index (χ2n) is 5.84. The SMILES string of the molecule is FC(F)(F)c1cnc(N2CCCC(COc3cnccn3)C2)c(Cl)c1. The molecule has 2 aromatic rings. The van der Waals surface area contributed by atoms with Crippen LogP contribution in [0.1, 0.15) is 18.4 Å². The van der Waals surface area contributed by atoms with E-state index >= 15 is 0 Å². The molecule has 0 amide bonds. The van der Waals surface area contributed by atoms with Crippen LogP contribution in [0.25, 0.3) is 0 Å². The molecule has 1 aliphatic rings. The average Bonchev–Trinajstić information content (AvgIpc) is 2.60. The van der Waals surface area contributed by atoms with Crippen molar-refractivity contribution in [1.29, 1.82) is 0 Å². The molecule has 0 N–H and O–H groups in total. The minimum Gasteiger partial charge on any atom is -0.476 e. The molecule has 0 bridgehead atoms. The number of rotatable bonds is 4. The Labute approximate surface area is 147 Å². The second-order valence-corrected chi connectivity index (χ2v) is 6.24. The minimum atomic E-state index is -4.45. The minimum absolute atomic E-state index is 0.00493. The molecule has 1 saturated heterocycles. The van der Waals surface area contributed by atoms with Gasteiger partial charge >= 0.3 is 6.18 Å². The normalized spacial score (nSPS) is 18.2. The van der Waals surface area contributed by atoms with E-state index in [-0.39, 0.29) is 10.9 Å². The number of ether oxygens (including phenoxy) is 1. The third-order valence-electron chi connectivity index (χ3n) is 3.97. The van der Waals surface area contributed by atoms with Gasteiger partial charge in [-0.1, -0.05) is 11.6 Å². The summed E-state index contributed by atoms with van der Waals surface area (Å²) in [4.78, 5) is 13.8. The molecule has 25 heavy (non-hydrogen) atoms. The largest absolute Gasteiger partial charge is 0.476 e. The van der Waals surface area contributed by atoms with E-state index in [4.69, 9.17) is 16.3 Å². The summed E-state index contributed by atoms with van der Waals surface area (Å²) >= 11 is 6.04. The van der Waals surface area contributed by atoms with Crippen molar-refractivity contribution >= 4 is 17.4 Å². The van der Waals surface area contributed by atoms with Gasteiger partial charge in [0, 0.05) is 37.6 Å². The summed E-state index contributed by atoms with van der Waals surface area (Å²) in [6.07, 6.45) is 2.85. The average molecular weight is 373 g/mol. The Balaban J connectivity index is 1.65. The van der Waals surface area contributed by atoms with Gasteiger partial charge in [-0.2, -0.15) is 13.2 Å². The molecule has 1 aliphatic heterocycles. The van der Waals surface area contributed by atoms with E-state index < -0.39 is 11.7 Å². The lowest BCUT2D eigenvalue weighted by Gasteiger charge is -2.33. The van der Waals surface area contributed by atoms with E-state index in [2.05, 4.69) is 15.0 Å². The fourth-order valence-electron chi connectivity index (χ4n) is 2.78. The Morgan fingerprint density at radius 3 is 2.76 bits per heavy atom. The molecule has 0 saturated carbocycles. The summed E-state index contributed by atoms with van der Waals surface area (Å²) in [5.41, 5.74) is -0.846. The molecular weight excluding hydrogens is 357 g/mol. The van der Waals surface area contributed by atoms with Crippen molar-refractivity contribution in [3.8, 4) is 5.88 Å². The second kappa shape index (κ2) is 7.43. The van der Waals surface area contributed by atoms with Crippen LogP contribution in [0.3, 0.4) is 0 Å². The topological polar surface area (TPSA) is 51.1 Å². The fourth-order valence-corrected chi connectivity index (χ4v) is 3.06. The van der Waals surface area contributed by atoms with Gasteiger partial charge in [0.25, 0.3) is 0 Å². The van der Waals surface area contributed by atoms with Crippen molar-refractivity contribution in [3.05, 3.63) is 41.4 Å². The number of piperidine rings is 1. The van der Waals surface area contributed by atoms with Crippen LogP contribution in [-0.4, -0.2) is 34.6 Å². The molecule has 5 nitrogen and oxygen atoms in total. The Morgan fingerprint density at radius 2 is 2.08 bits per heavy atom. The molecule has 1 unspecified atom stereocenters. The molecule has 0 aromatic carbocycles. The van der Waals surface area contributed by atoms with Gasteiger partial charge < -0.3 is 9.64 Å². The van der Waals surface area contributed by atoms with Gasteiger partial charge in [-0.15, -0.1) is 0 Å². The van der Waals surface area contributed by atoms with E-state index in [9.17, 15) is 13.2 Å². The molecule has 1 fully saturated rings. The van der Waals surface area contributed by atoms with Gasteiger partial charge in [-0.3, -0.25) is 4.98 Å². The van der Waals surface area contributed by atoms with Crippen LogP contribution in [0, 0.1) is 5.92 Å². The number of nitrogens with zero attached hydrogens (tertiary/aromatic N) is 4. The molecule has 1 atom stereocenters. The van der Waals surface area contributed by atoms with Crippen LogP contribution < -0.4 is 9.64 Å². The van der Waals surface area contributed by atoms with E-state index in [0.717, 1.165) is 25.1 Å².